The lowest BCUT2D eigenvalue weighted by molar-refractivity contribution is -0.176. The molecule has 0 fully saturated rings. The smallest absolute Gasteiger partial charge is 0.260 e. The van der Waals surface area contributed by atoms with Gasteiger partial charge in [0, 0.05) is 25.3 Å². The van der Waals surface area contributed by atoms with Gasteiger partial charge in [-0.05, 0) is 24.3 Å². The highest BCUT2D eigenvalue weighted by Crippen LogP contribution is 2.30. The van der Waals surface area contributed by atoms with Gasteiger partial charge in [-0.1, -0.05) is 30.3 Å². The zero-order valence-electron chi connectivity index (χ0n) is 13.2. The van der Waals surface area contributed by atoms with Crippen LogP contribution in [0.5, 0.6) is 5.75 Å². The van der Waals surface area contributed by atoms with Crippen molar-refractivity contribution in [3.8, 4) is 5.75 Å². The van der Waals surface area contributed by atoms with Crippen LogP contribution in [-0.2, 0) is 15.3 Å². The maximum Gasteiger partial charge on any atom is 0.260 e. The molecule has 5 nitrogen and oxygen atoms in total. The second-order valence-electron chi connectivity index (χ2n) is 4.82. The topological polar surface area (TPSA) is 65.0 Å². The molecule has 0 amide bonds. The summed E-state index contributed by atoms with van der Waals surface area (Å²) in [6.45, 7) is 0.141. The van der Waals surface area contributed by atoms with Gasteiger partial charge in [0.15, 0.2) is 0 Å². The van der Waals surface area contributed by atoms with E-state index < -0.39 is 5.79 Å². The number of ketones is 1. The van der Waals surface area contributed by atoms with E-state index in [1.54, 1.807) is 36.4 Å². The van der Waals surface area contributed by atoms with Crippen LogP contribution < -0.4 is 4.74 Å². The van der Waals surface area contributed by atoms with Crippen LogP contribution in [-0.4, -0.2) is 38.3 Å². The Kier molecular flexibility index (Phi) is 5.87. The number of aliphatic hydroxyl groups excluding tert-OH is 1. The molecule has 0 atom stereocenters. The zero-order chi connectivity index (χ0) is 16.7. The molecule has 0 heterocycles. The van der Waals surface area contributed by atoms with Crippen molar-refractivity contribution < 1.29 is 24.1 Å². The third kappa shape index (κ3) is 3.59. The summed E-state index contributed by atoms with van der Waals surface area (Å²) in [4.78, 5) is 12.9. The van der Waals surface area contributed by atoms with Gasteiger partial charge >= 0.3 is 0 Å². The SMILES string of the molecule is COC(OC)(C(=O)c1ccc(OCCO)cc1)c1ccccc1. The van der Waals surface area contributed by atoms with Crippen LogP contribution in [0, 0.1) is 0 Å². The fourth-order valence-electron chi connectivity index (χ4n) is 2.35. The number of methoxy groups -OCH3 is 2. The Labute approximate surface area is 135 Å². The molecule has 0 spiro atoms. The lowest BCUT2D eigenvalue weighted by atomic mass is 9.96. The summed E-state index contributed by atoms with van der Waals surface area (Å²) in [7, 11) is 2.88. The first-order chi connectivity index (χ1) is 11.2. The molecule has 1 N–H and O–H groups in total. The largest absolute Gasteiger partial charge is 0.491 e. The molecule has 2 aromatic carbocycles. The lowest BCUT2D eigenvalue weighted by Gasteiger charge is -2.29. The highest BCUT2D eigenvalue weighted by atomic mass is 16.7. The van der Waals surface area contributed by atoms with Crippen LogP contribution in [0.3, 0.4) is 0 Å². The standard InChI is InChI=1S/C18H20O5/c1-21-18(22-2,15-6-4-3-5-7-15)17(20)14-8-10-16(11-9-14)23-13-12-19/h3-11,19H,12-13H2,1-2H3. The molecule has 122 valence electrons. The Balaban J connectivity index is 2.31. The molecular formula is C18H20O5. The summed E-state index contributed by atoms with van der Waals surface area (Å²) in [6.07, 6.45) is 0. The van der Waals surface area contributed by atoms with Gasteiger partial charge in [-0.2, -0.15) is 0 Å². The van der Waals surface area contributed by atoms with Crippen LogP contribution in [0.25, 0.3) is 0 Å². The molecule has 0 aliphatic carbocycles. The second-order valence-corrected chi connectivity index (χ2v) is 4.82. The molecule has 5 heteroatoms. The van der Waals surface area contributed by atoms with Crippen molar-refractivity contribution in [1.82, 2.24) is 0 Å². The highest BCUT2D eigenvalue weighted by molar-refractivity contribution is 6.02. The number of ether oxygens (including phenoxy) is 3. The number of Topliss-reactive ketones (excluding diaryl/α,β-unsaturated/α-hetero) is 1. The van der Waals surface area contributed by atoms with Crippen LogP contribution in [0.1, 0.15) is 15.9 Å². The van der Waals surface area contributed by atoms with Crippen LogP contribution >= 0.6 is 0 Å². The Morgan fingerprint density at radius 3 is 2.13 bits per heavy atom. The molecule has 0 bridgehead atoms. The number of hydrogen-bond acceptors (Lipinski definition) is 5. The number of benzene rings is 2. The minimum absolute atomic E-state index is 0.0643. The van der Waals surface area contributed by atoms with Crippen molar-refractivity contribution in [3.63, 3.8) is 0 Å². The molecule has 23 heavy (non-hydrogen) atoms. The van der Waals surface area contributed by atoms with E-state index in [2.05, 4.69) is 0 Å². The van der Waals surface area contributed by atoms with Crippen LogP contribution in [0.2, 0.25) is 0 Å². The molecule has 0 aromatic heterocycles. The van der Waals surface area contributed by atoms with Crippen molar-refractivity contribution in [1.29, 1.82) is 0 Å². The summed E-state index contributed by atoms with van der Waals surface area (Å²) in [5, 5.41) is 8.75. The number of rotatable bonds is 8. The predicted octanol–water partition coefficient (Wildman–Crippen LogP) is 2.39. The van der Waals surface area contributed by atoms with Crippen molar-refractivity contribution in [3.05, 3.63) is 65.7 Å². The Hall–Kier alpha value is -2.21. The molecule has 0 saturated heterocycles. The summed E-state index contributed by atoms with van der Waals surface area (Å²) in [6, 6.07) is 15.7. The van der Waals surface area contributed by atoms with E-state index in [0.717, 1.165) is 0 Å². The number of carbonyl (C=O) groups is 1. The van der Waals surface area contributed by atoms with Crippen molar-refractivity contribution in [2.24, 2.45) is 0 Å². The minimum atomic E-state index is -1.49. The van der Waals surface area contributed by atoms with Crippen molar-refractivity contribution >= 4 is 5.78 Å². The van der Waals surface area contributed by atoms with E-state index in [-0.39, 0.29) is 19.0 Å². The Morgan fingerprint density at radius 1 is 1.00 bits per heavy atom. The zero-order valence-corrected chi connectivity index (χ0v) is 13.2. The molecule has 0 radical (unpaired) electrons. The lowest BCUT2D eigenvalue weighted by Crippen LogP contribution is -2.39. The first-order valence-electron chi connectivity index (χ1n) is 7.22. The average Bonchev–Trinajstić information content (AvgIpc) is 2.62. The molecule has 0 saturated carbocycles. The van der Waals surface area contributed by atoms with E-state index in [0.29, 0.717) is 16.9 Å². The molecule has 0 aliphatic rings. The molecule has 2 rings (SSSR count). The van der Waals surface area contributed by atoms with Gasteiger partial charge in [-0.25, -0.2) is 0 Å². The highest BCUT2D eigenvalue weighted by Gasteiger charge is 2.41. The monoisotopic (exact) mass is 316 g/mol. The molecular weight excluding hydrogens is 296 g/mol. The number of hydrogen-bond donors (Lipinski definition) is 1. The third-order valence-corrected chi connectivity index (χ3v) is 3.50. The fraction of sp³-hybridized carbons (Fsp3) is 0.278. The summed E-state index contributed by atoms with van der Waals surface area (Å²) in [5.41, 5.74) is 1.06. The van der Waals surface area contributed by atoms with E-state index in [1.165, 1.54) is 14.2 Å². The first-order valence-corrected chi connectivity index (χ1v) is 7.22. The first kappa shape index (κ1) is 17.1. The molecule has 0 unspecified atom stereocenters. The predicted molar refractivity (Wildman–Crippen MR) is 85.5 cm³/mol. The average molecular weight is 316 g/mol. The normalized spacial score (nSPS) is 11.3. The van der Waals surface area contributed by atoms with Crippen LogP contribution in [0.4, 0.5) is 0 Å². The van der Waals surface area contributed by atoms with E-state index in [1.807, 2.05) is 18.2 Å². The van der Waals surface area contributed by atoms with Gasteiger partial charge < -0.3 is 19.3 Å². The van der Waals surface area contributed by atoms with Crippen molar-refractivity contribution in [2.75, 3.05) is 27.4 Å². The van der Waals surface area contributed by atoms with E-state index in [4.69, 9.17) is 19.3 Å². The van der Waals surface area contributed by atoms with E-state index in [9.17, 15) is 4.79 Å². The van der Waals surface area contributed by atoms with Gasteiger partial charge in [-0.15, -0.1) is 0 Å². The van der Waals surface area contributed by atoms with Gasteiger partial charge in [0.25, 0.3) is 5.79 Å². The summed E-state index contributed by atoms with van der Waals surface area (Å²) >= 11 is 0. The number of aliphatic hydroxyl groups is 1. The number of carbonyl (C=O) groups excluding carboxylic acids is 1. The minimum Gasteiger partial charge on any atom is -0.491 e. The molecule has 2 aromatic rings. The van der Waals surface area contributed by atoms with Crippen molar-refractivity contribution in [2.45, 2.75) is 5.79 Å². The fourth-order valence-corrected chi connectivity index (χ4v) is 2.35. The Bertz CT molecular complexity index is 618. The van der Waals surface area contributed by atoms with Crippen LogP contribution in [0.15, 0.2) is 54.6 Å². The third-order valence-electron chi connectivity index (χ3n) is 3.50. The quantitative estimate of drug-likeness (QED) is 0.598. The second kappa shape index (κ2) is 7.87. The van der Waals surface area contributed by atoms with E-state index >= 15 is 0 Å². The van der Waals surface area contributed by atoms with Gasteiger partial charge in [-0.3, -0.25) is 4.79 Å². The van der Waals surface area contributed by atoms with Gasteiger partial charge in [0.1, 0.15) is 12.4 Å². The summed E-state index contributed by atoms with van der Waals surface area (Å²) in [5.74, 6) is -1.22. The van der Waals surface area contributed by atoms with Gasteiger partial charge in [0.2, 0.25) is 5.78 Å². The molecule has 0 aliphatic heterocycles. The maximum absolute atomic E-state index is 12.9. The maximum atomic E-state index is 12.9. The Morgan fingerprint density at radius 2 is 1.61 bits per heavy atom. The summed E-state index contributed by atoms with van der Waals surface area (Å²) < 4.78 is 16.2. The van der Waals surface area contributed by atoms with Gasteiger partial charge in [0.05, 0.1) is 6.61 Å².